The molecule has 3 heterocycles. The molecule has 6 rings (SSSR count). The number of nitro groups is 1. The maximum atomic E-state index is 11.4. The van der Waals surface area contributed by atoms with Gasteiger partial charge in [0.05, 0.1) is 41.6 Å². The Hall–Kier alpha value is -5.22. The molecular weight excluding hydrogens is 574 g/mol. The number of hydrogen-bond acceptors (Lipinski definition) is 6. The molecule has 3 aromatic carbocycles. The summed E-state index contributed by atoms with van der Waals surface area (Å²) in [5.41, 5.74) is 6.55. The maximum Gasteiger partial charge on any atom is 0.273 e. The standard InChI is InChI=1S/C34H31N5O4S/c1-21-8-13-26(14-9-21)43-27-15-10-24(11-16-27)38-33(32(36-34(38)44)29-7-5-6-18-35-29)28-19-22(2)37(23(28)3)30-17-12-25(39(40)41)20-31(30)42-4/h5-20,32-33H,1-4H3,(H,36,44)/t32-,33-/m1/s1. The van der Waals surface area contributed by atoms with Crippen LogP contribution in [-0.4, -0.2) is 26.7 Å². The maximum absolute atomic E-state index is 11.4. The number of nitrogens with zero attached hydrogens (tertiary/aromatic N) is 4. The zero-order chi connectivity index (χ0) is 31.0. The summed E-state index contributed by atoms with van der Waals surface area (Å²) in [4.78, 5) is 17.8. The molecule has 44 heavy (non-hydrogen) atoms. The van der Waals surface area contributed by atoms with E-state index in [0.717, 1.165) is 39.8 Å². The van der Waals surface area contributed by atoms with Gasteiger partial charge in [0.15, 0.2) is 5.11 Å². The Morgan fingerprint density at radius 3 is 2.27 bits per heavy atom. The number of anilines is 1. The third-order valence-corrected chi connectivity index (χ3v) is 8.19. The topological polar surface area (TPSA) is 94.7 Å². The van der Waals surface area contributed by atoms with Crippen LogP contribution in [0.15, 0.2) is 97.2 Å². The molecule has 0 bridgehead atoms. The van der Waals surface area contributed by atoms with Gasteiger partial charge in [-0.1, -0.05) is 23.8 Å². The lowest BCUT2D eigenvalue weighted by Crippen LogP contribution is -2.29. The molecular formula is C34H31N5O4S. The second kappa shape index (κ2) is 11.8. The summed E-state index contributed by atoms with van der Waals surface area (Å²) in [6.07, 6.45) is 1.78. The van der Waals surface area contributed by atoms with E-state index in [4.69, 9.17) is 21.7 Å². The van der Waals surface area contributed by atoms with Crippen molar-refractivity contribution in [2.45, 2.75) is 32.9 Å². The molecule has 1 N–H and O–H groups in total. The molecule has 0 radical (unpaired) electrons. The fourth-order valence-corrected chi connectivity index (χ4v) is 6.13. The highest BCUT2D eigenvalue weighted by Gasteiger charge is 2.42. The van der Waals surface area contributed by atoms with Crippen molar-refractivity contribution in [1.29, 1.82) is 0 Å². The number of pyridine rings is 1. The van der Waals surface area contributed by atoms with Crippen molar-refractivity contribution < 1.29 is 14.4 Å². The van der Waals surface area contributed by atoms with Gasteiger partial charge in [0.2, 0.25) is 0 Å². The van der Waals surface area contributed by atoms with E-state index < -0.39 is 4.92 Å². The van der Waals surface area contributed by atoms with Crippen molar-refractivity contribution in [3.63, 3.8) is 0 Å². The number of ether oxygens (including phenoxy) is 2. The molecule has 222 valence electrons. The van der Waals surface area contributed by atoms with E-state index in [0.29, 0.717) is 16.5 Å². The number of rotatable bonds is 8. The third-order valence-electron chi connectivity index (χ3n) is 7.87. The van der Waals surface area contributed by atoms with Gasteiger partial charge in [0.1, 0.15) is 17.2 Å². The van der Waals surface area contributed by atoms with Gasteiger partial charge in [-0.05, 0) is 99.2 Å². The molecule has 1 saturated heterocycles. The number of thiocarbonyl (C=S) groups is 1. The predicted molar refractivity (Wildman–Crippen MR) is 174 cm³/mol. The first-order valence-corrected chi connectivity index (χ1v) is 14.5. The largest absolute Gasteiger partial charge is 0.494 e. The van der Waals surface area contributed by atoms with E-state index in [1.54, 1.807) is 12.3 Å². The zero-order valence-corrected chi connectivity index (χ0v) is 25.5. The minimum absolute atomic E-state index is 0.0326. The summed E-state index contributed by atoms with van der Waals surface area (Å²) in [7, 11) is 1.52. The molecule has 1 aliphatic heterocycles. The Labute approximate surface area is 260 Å². The van der Waals surface area contributed by atoms with Crippen LogP contribution in [0.25, 0.3) is 5.69 Å². The highest BCUT2D eigenvalue weighted by Crippen LogP contribution is 2.44. The van der Waals surface area contributed by atoms with Crippen LogP contribution in [0, 0.1) is 30.9 Å². The van der Waals surface area contributed by atoms with E-state index in [-0.39, 0.29) is 17.8 Å². The molecule has 10 heteroatoms. The highest BCUT2D eigenvalue weighted by molar-refractivity contribution is 7.80. The van der Waals surface area contributed by atoms with Crippen LogP contribution in [0.5, 0.6) is 17.2 Å². The van der Waals surface area contributed by atoms with Crippen LogP contribution in [0.3, 0.4) is 0 Å². The number of nitrogens with one attached hydrogen (secondary N) is 1. The summed E-state index contributed by atoms with van der Waals surface area (Å²) >= 11 is 5.95. The van der Waals surface area contributed by atoms with Gasteiger partial charge >= 0.3 is 0 Å². The van der Waals surface area contributed by atoms with Gasteiger partial charge in [0.25, 0.3) is 5.69 Å². The monoisotopic (exact) mass is 605 g/mol. The number of nitro benzene ring substituents is 1. The van der Waals surface area contributed by atoms with Crippen molar-refractivity contribution >= 4 is 28.7 Å². The van der Waals surface area contributed by atoms with Gasteiger partial charge < -0.3 is 24.3 Å². The molecule has 0 amide bonds. The fourth-order valence-electron chi connectivity index (χ4n) is 5.79. The Morgan fingerprint density at radius 2 is 1.64 bits per heavy atom. The van der Waals surface area contributed by atoms with E-state index in [9.17, 15) is 10.1 Å². The molecule has 9 nitrogen and oxygen atoms in total. The summed E-state index contributed by atoms with van der Waals surface area (Å²) in [5, 5.41) is 15.5. The number of aromatic nitrogens is 2. The average Bonchev–Trinajstić information content (AvgIpc) is 3.53. The van der Waals surface area contributed by atoms with E-state index in [2.05, 4.69) is 25.8 Å². The van der Waals surface area contributed by atoms with E-state index in [1.807, 2.05) is 87.5 Å². The first-order chi connectivity index (χ1) is 21.2. The highest BCUT2D eigenvalue weighted by atomic mass is 32.1. The first kappa shape index (κ1) is 28.9. The summed E-state index contributed by atoms with van der Waals surface area (Å²) < 4.78 is 13.7. The average molecular weight is 606 g/mol. The van der Waals surface area contributed by atoms with Crippen LogP contribution >= 0.6 is 12.2 Å². The Balaban J connectivity index is 1.42. The van der Waals surface area contributed by atoms with Crippen LogP contribution in [0.2, 0.25) is 0 Å². The third kappa shape index (κ3) is 5.35. The number of aryl methyl sites for hydroxylation is 2. The summed E-state index contributed by atoms with van der Waals surface area (Å²) in [6, 6.07) is 28.0. The number of hydrogen-bond donors (Lipinski definition) is 1. The normalized spacial score (nSPS) is 16.1. The quantitative estimate of drug-likeness (QED) is 0.109. The van der Waals surface area contributed by atoms with Gasteiger partial charge in [-0.2, -0.15) is 0 Å². The molecule has 0 saturated carbocycles. The van der Waals surface area contributed by atoms with Crippen molar-refractivity contribution in [3.8, 4) is 22.9 Å². The minimum Gasteiger partial charge on any atom is -0.494 e. The van der Waals surface area contributed by atoms with Crippen LogP contribution < -0.4 is 19.7 Å². The molecule has 1 aliphatic rings. The first-order valence-electron chi connectivity index (χ1n) is 14.1. The second-order valence-electron chi connectivity index (χ2n) is 10.7. The summed E-state index contributed by atoms with van der Waals surface area (Å²) in [5.74, 6) is 1.90. The van der Waals surface area contributed by atoms with Crippen molar-refractivity contribution in [2.24, 2.45) is 0 Å². The predicted octanol–water partition coefficient (Wildman–Crippen LogP) is 7.68. The molecule has 1 fully saturated rings. The lowest BCUT2D eigenvalue weighted by atomic mass is 9.96. The van der Waals surface area contributed by atoms with E-state index in [1.165, 1.54) is 24.8 Å². The van der Waals surface area contributed by atoms with Gasteiger partial charge in [-0.15, -0.1) is 0 Å². The van der Waals surface area contributed by atoms with Gasteiger partial charge in [-0.3, -0.25) is 15.1 Å². The lowest BCUT2D eigenvalue weighted by molar-refractivity contribution is -0.384. The van der Waals surface area contributed by atoms with Crippen LogP contribution in [0.4, 0.5) is 11.4 Å². The lowest BCUT2D eigenvalue weighted by Gasteiger charge is -2.28. The van der Waals surface area contributed by atoms with Gasteiger partial charge in [0, 0.05) is 29.3 Å². The second-order valence-corrected chi connectivity index (χ2v) is 11.1. The van der Waals surface area contributed by atoms with Crippen LogP contribution in [-0.2, 0) is 0 Å². The molecule has 2 aromatic heterocycles. The van der Waals surface area contributed by atoms with Crippen molar-refractivity contribution in [3.05, 3.63) is 136 Å². The Kier molecular flexibility index (Phi) is 7.75. The summed E-state index contributed by atoms with van der Waals surface area (Å²) in [6.45, 7) is 6.09. The fraction of sp³-hybridized carbons (Fsp3) is 0.176. The van der Waals surface area contributed by atoms with Crippen molar-refractivity contribution in [2.75, 3.05) is 12.0 Å². The van der Waals surface area contributed by atoms with Gasteiger partial charge in [-0.25, -0.2) is 0 Å². The smallest absolute Gasteiger partial charge is 0.273 e. The van der Waals surface area contributed by atoms with Crippen molar-refractivity contribution in [1.82, 2.24) is 14.9 Å². The minimum atomic E-state index is -0.426. The molecule has 0 spiro atoms. The number of methoxy groups -OCH3 is 1. The Morgan fingerprint density at radius 1 is 0.932 bits per heavy atom. The molecule has 2 atom stereocenters. The zero-order valence-electron chi connectivity index (χ0n) is 24.7. The van der Waals surface area contributed by atoms with Crippen LogP contribution in [0.1, 0.15) is 40.3 Å². The Bertz CT molecular complexity index is 1840. The molecule has 0 aliphatic carbocycles. The SMILES string of the molecule is COc1cc([N+](=O)[O-])ccc1-n1c(C)cc([C@@H]2[C@@H](c3ccccn3)NC(=S)N2c2ccc(Oc3ccc(C)cc3)cc2)c1C. The number of non-ortho nitro benzene ring substituents is 1. The van der Waals surface area contributed by atoms with E-state index >= 15 is 0 Å². The number of benzene rings is 3. The molecule has 5 aromatic rings. The molecule has 0 unspecified atom stereocenters.